The lowest BCUT2D eigenvalue weighted by Gasteiger charge is -2.51. The minimum Gasteiger partial charge on any atom is -0.392 e. The molecule has 0 saturated heterocycles. The standard InChI is InChI=1S/C10H14O2/c11-9-6-1-5-2-7(4-6)10(12)8(9)3-5/h5-9,11H,1-4H2/t5-,6+,7+,8-,9-/m1/s1. The Morgan fingerprint density at radius 1 is 1.17 bits per heavy atom. The molecule has 0 aliphatic heterocycles. The summed E-state index contributed by atoms with van der Waals surface area (Å²) in [6.07, 6.45) is 3.98. The molecule has 4 rings (SSSR count). The molecule has 0 aromatic heterocycles. The molecule has 0 heterocycles. The molecule has 0 unspecified atom stereocenters. The highest BCUT2D eigenvalue weighted by Crippen LogP contribution is 2.51. The molecule has 2 nitrogen and oxygen atoms in total. The second-order valence-electron chi connectivity index (χ2n) is 4.77. The minimum atomic E-state index is -0.287. The van der Waals surface area contributed by atoms with E-state index < -0.39 is 0 Å². The molecule has 5 atom stereocenters. The first kappa shape index (κ1) is 7.07. The van der Waals surface area contributed by atoms with E-state index in [-0.39, 0.29) is 12.0 Å². The predicted octanol–water partition coefficient (Wildman–Crippen LogP) is 0.982. The van der Waals surface area contributed by atoms with Gasteiger partial charge in [-0.05, 0) is 37.5 Å². The third-order valence-electron chi connectivity index (χ3n) is 4.09. The predicted molar refractivity (Wildman–Crippen MR) is 43.4 cm³/mol. The smallest absolute Gasteiger partial charge is 0.141 e. The summed E-state index contributed by atoms with van der Waals surface area (Å²) in [7, 11) is 0. The van der Waals surface area contributed by atoms with E-state index in [4.69, 9.17) is 0 Å². The Hall–Kier alpha value is -0.370. The van der Waals surface area contributed by atoms with Crippen molar-refractivity contribution in [3.8, 4) is 0 Å². The summed E-state index contributed by atoms with van der Waals surface area (Å²) < 4.78 is 0. The SMILES string of the molecule is O=C1[C@H]2C[C@H]3C[C@@H](C2)[C@@H](O)[C@H]1C3. The van der Waals surface area contributed by atoms with E-state index in [0.717, 1.165) is 25.2 Å². The van der Waals surface area contributed by atoms with Crippen molar-refractivity contribution in [1.29, 1.82) is 0 Å². The van der Waals surface area contributed by atoms with Crippen molar-refractivity contribution < 1.29 is 9.90 Å². The Balaban J connectivity index is 1.98. The van der Waals surface area contributed by atoms with Crippen molar-refractivity contribution in [2.24, 2.45) is 23.7 Å². The molecule has 4 bridgehead atoms. The van der Waals surface area contributed by atoms with Crippen LogP contribution >= 0.6 is 0 Å². The number of aliphatic hydroxyl groups is 1. The largest absolute Gasteiger partial charge is 0.392 e. The summed E-state index contributed by atoms with van der Waals surface area (Å²) in [5, 5.41) is 9.78. The number of hydrogen-bond donors (Lipinski definition) is 1. The normalized spacial score (nSPS) is 56.4. The zero-order valence-electron chi connectivity index (χ0n) is 7.07. The molecule has 0 aromatic carbocycles. The molecule has 0 radical (unpaired) electrons. The summed E-state index contributed by atoms with van der Waals surface area (Å²) in [6, 6.07) is 0. The maximum absolute atomic E-state index is 11.6. The lowest BCUT2D eigenvalue weighted by molar-refractivity contribution is -0.154. The van der Waals surface area contributed by atoms with Gasteiger partial charge in [-0.1, -0.05) is 0 Å². The van der Waals surface area contributed by atoms with Gasteiger partial charge in [0.1, 0.15) is 5.78 Å². The Labute approximate surface area is 72.0 Å². The van der Waals surface area contributed by atoms with Gasteiger partial charge in [-0.3, -0.25) is 4.79 Å². The Morgan fingerprint density at radius 3 is 2.83 bits per heavy atom. The first-order chi connectivity index (χ1) is 5.75. The Bertz CT molecular complexity index is 236. The first-order valence-electron chi connectivity index (χ1n) is 4.97. The van der Waals surface area contributed by atoms with Crippen LogP contribution in [0.25, 0.3) is 0 Å². The maximum atomic E-state index is 11.6. The van der Waals surface area contributed by atoms with Crippen LogP contribution in [0.15, 0.2) is 0 Å². The highest BCUT2D eigenvalue weighted by atomic mass is 16.3. The zero-order chi connectivity index (χ0) is 8.29. The van der Waals surface area contributed by atoms with Crippen molar-refractivity contribution in [2.45, 2.75) is 31.8 Å². The molecule has 12 heavy (non-hydrogen) atoms. The van der Waals surface area contributed by atoms with Crippen molar-refractivity contribution >= 4 is 5.78 Å². The van der Waals surface area contributed by atoms with Crippen molar-refractivity contribution in [3.63, 3.8) is 0 Å². The molecule has 2 heteroatoms. The first-order valence-corrected chi connectivity index (χ1v) is 4.97. The van der Waals surface area contributed by atoms with Gasteiger partial charge >= 0.3 is 0 Å². The summed E-state index contributed by atoms with van der Waals surface area (Å²) in [4.78, 5) is 11.6. The van der Waals surface area contributed by atoms with E-state index >= 15 is 0 Å². The van der Waals surface area contributed by atoms with Crippen LogP contribution in [0.2, 0.25) is 0 Å². The quantitative estimate of drug-likeness (QED) is 0.582. The van der Waals surface area contributed by atoms with Gasteiger partial charge in [0.15, 0.2) is 0 Å². The second kappa shape index (κ2) is 2.11. The lowest BCUT2D eigenvalue weighted by atomic mass is 9.54. The van der Waals surface area contributed by atoms with Gasteiger partial charge in [0, 0.05) is 11.8 Å². The van der Waals surface area contributed by atoms with Crippen molar-refractivity contribution in [1.82, 2.24) is 0 Å². The topological polar surface area (TPSA) is 37.3 Å². The number of Topliss-reactive ketones (excluding diaryl/α,β-unsaturated/α-hetero) is 1. The van der Waals surface area contributed by atoms with Gasteiger partial charge in [-0.25, -0.2) is 0 Å². The van der Waals surface area contributed by atoms with Crippen LogP contribution in [0.4, 0.5) is 0 Å². The summed E-state index contributed by atoms with van der Waals surface area (Å²) in [5.74, 6) is 1.96. The summed E-state index contributed by atoms with van der Waals surface area (Å²) >= 11 is 0. The molecule has 4 saturated carbocycles. The van der Waals surface area contributed by atoms with E-state index in [9.17, 15) is 9.90 Å². The van der Waals surface area contributed by atoms with E-state index in [0.29, 0.717) is 17.6 Å². The number of ketones is 1. The van der Waals surface area contributed by atoms with Gasteiger partial charge in [-0.15, -0.1) is 0 Å². The third kappa shape index (κ3) is 0.717. The van der Waals surface area contributed by atoms with Crippen LogP contribution in [0.5, 0.6) is 0 Å². The Kier molecular flexibility index (Phi) is 1.24. The van der Waals surface area contributed by atoms with Crippen molar-refractivity contribution in [3.05, 3.63) is 0 Å². The van der Waals surface area contributed by atoms with Crippen molar-refractivity contribution in [2.75, 3.05) is 0 Å². The number of rotatable bonds is 0. The number of carbonyl (C=O) groups is 1. The van der Waals surface area contributed by atoms with Crippen LogP contribution < -0.4 is 0 Å². The highest BCUT2D eigenvalue weighted by Gasteiger charge is 2.52. The molecule has 0 aromatic rings. The van der Waals surface area contributed by atoms with Crippen LogP contribution in [-0.4, -0.2) is 17.0 Å². The number of hydrogen-bond acceptors (Lipinski definition) is 2. The number of aliphatic hydroxyl groups excluding tert-OH is 1. The minimum absolute atomic E-state index is 0.0289. The summed E-state index contributed by atoms with van der Waals surface area (Å²) in [5.41, 5.74) is 0. The second-order valence-corrected chi connectivity index (χ2v) is 4.77. The molecule has 0 spiro atoms. The monoisotopic (exact) mass is 166 g/mol. The molecular formula is C10H14O2. The molecule has 4 aliphatic carbocycles. The van der Waals surface area contributed by atoms with Gasteiger partial charge in [-0.2, -0.15) is 0 Å². The molecular weight excluding hydrogens is 152 g/mol. The Morgan fingerprint density at radius 2 is 2.00 bits per heavy atom. The average Bonchev–Trinajstić information content (AvgIpc) is 2.07. The van der Waals surface area contributed by atoms with E-state index in [1.54, 1.807) is 0 Å². The van der Waals surface area contributed by atoms with E-state index in [1.807, 2.05) is 0 Å². The fraction of sp³-hybridized carbons (Fsp3) is 0.900. The van der Waals surface area contributed by atoms with Gasteiger partial charge < -0.3 is 5.11 Å². The lowest BCUT2D eigenvalue weighted by Crippen LogP contribution is -2.53. The molecule has 4 fully saturated rings. The third-order valence-corrected chi connectivity index (χ3v) is 4.09. The van der Waals surface area contributed by atoms with Gasteiger partial charge in [0.2, 0.25) is 0 Å². The molecule has 0 amide bonds. The van der Waals surface area contributed by atoms with Crippen LogP contribution in [0.1, 0.15) is 25.7 Å². The molecule has 4 aliphatic rings. The number of carbonyl (C=O) groups excluding carboxylic acids is 1. The van der Waals surface area contributed by atoms with Crippen LogP contribution in [0, 0.1) is 23.7 Å². The average molecular weight is 166 g/mol. The van der Waals surface area contributed by atoms with Crippen LogP contribution in [0.3, 0.4) is 0 Å². The van der Waals surface area contributed by atoms with Crippen LogP contribution in [-0.2, 0) is 4.79 Å². The van der Waals surface area contributed by atoms with E-state index in [2.05, 4.69) is 0 Å². The molecule has 66 valence electrons. The maximum Gasteiger partial charge on any atom is 0.141 e. The molecule has 1 N–H and O–H groups in total. The fourth-order valence-electron chi connectivity index (χ4n) is 3.60. The van der Waals surface area contributed by atoms with Gasteiger partial charge in [0.25, 0.3) is 0 Å². The zero-order valence-corrected chi connectivity index (χ0v) is 7.07. The highest BCUT2D eigenvalue weighted by molar-refractivity contribution is 5.86. The summed E-state index contributed by atoms with van der Waals surface area (Å²) in [6.45, 7) is 0. The fourth-order valence-corrected chi connectivity index (χ4v) is 3.60. The van der Waals surface area contributed by atoms with Gasteiger partial charge in [0.05, 0.1) is 6.10 Å². The van der Waals surface area contributed by atoms with E-state index in [1.165, 1.54) is 6.42 Å².